The Labute approximate surface area is 148 Å². The molecule has 0 saturated heterocycles. The van der Waals surface area contributed by atoms with Crippen molar-refractivity contribution in [1.29, 1.82) is 0 Å². The Balaban J connectivity index is 1.74. The van der Waals surface area contributed by atoms with Crippen molar-refractivity contribution in [2.24, 2.45) is 4.99 Å². The van der Waals surface area contributed by atoms with E-state index in [0.29, 0.717) is 18.2 Å². The van der Waals surface area contributed by atoms with Gasteiger partial charge in [-0.1, -0.05) is 6.07 Å². The largest absolute Gasteiger partial charge is 0.478 e. The highest BCUT2D eigenvalue weighted by molar-refractivity contribution is 6.12. The van der Waals surface area contributed by atoms with Crippen LogP contribution < -0.4 is 5.01 Å². The van der Waals surface area contributed by atoms with Gasteiger partial charge in [0.1, 0.15) is 6.33 Å². The molecule has 0 atom stereocenters. The molecule has 0 radical (unpaired) electrons. The van der Waals surface area contributed by atoms with Gasteiger partial charge in [0.2, 0.25) is 0 Å². The van der Waals surface area contributed by atoms with Crippen LogP contribution in [-0.4, -0.2) is 36.9 Å². The summed E-state index contributed by atoms with van der Waals surface area (Å²) in [5.41, 5.74) is 2.67. The van der Waals surface area contributed by atoms with Crippen molar-refractivity contribution >= 4 is 29.1 Å². The average molecular weight is 344 g/mol. The quantitative estimate of drug-likeness (QED) is 0.763. The summed E-state index contributed by atoms with van der Waals surface area (Å²) < 4.78 is 0. The molecule has 0 unspecified atom stereocenters. The molecule has 0 spiro atoms. The molecule has 1 N–H and O–H groups in total. The summed E-state index contributed by atoms with van der Waals surface area (Å²) in [6.07, 6.45) is 4.92. The zero-order valence-corrected chi connectivity index (χ0v) is 13.4. The molecule has 0 saturated carbocycles. The number of fused-ring (bicyclic) bond motifs is 4. The van der Waals surface area contributed by atoms with Crippen LogP contribution in [0.5, 0.6) is 0 Å². The molecule has 0 amide bonds. The number of amidine groups is 1. The molecular weight excluding hydrogens is 332 g/mol. The number of hydrogen-bond acceptors (Lipinski definition) is 7. The number of aromatic nitrogens is 3. The van der Waals surface area contributed by atoms with Crippen LogP contribution in [0.1, 0.15) is 21.5 Å². The number of carbonyl (C=O) groups is 1. The Morgan fingerprint density at radius 2 is 2.08 bits per heavy atom. The van der Waals surface area contributed by atoms with Crippen LogP contribution in [0.3, 0.4) is 0 Å². The van der Waals surface area contributed by atoms with E-state index >= 15 is 0 Å². The minimum Gasteiger partial charge on any atom is -0.478 e. The lowest BCUT2D eigenvalue weighted by Gasteiger charge is -2.32. The number of nitrogens with zero attached hydrogens (tertiary/aromatic N) is 6. The first-order valence-electron chi connectivity index (χ1n) is 7.96. The van der Waals surface area contributed by atoms with E-state index in [0.717, 1.165) is 22.6 Å². The summed E-state index contributed by atoms with van der Waals surface area (Å²) in [6, 6.07) is 10.7. The molecule has 8 heteroatoms. The van der Waals surface area contributed by atoms with Gasteiger partial charge >= 0.3 is 5.97 Å². The Bertz CT molecular complexity index is 1070. The number of carboxylic acids is 1. The van der Waals surface area contributed by atoms with E-state index in [1.54, 1.807) is 30.6 Å². The van der Waals surface area contributed by atoms with Gasteiger partial charge in [0.05, 0.1) is 17.8 Å². The predicted molar refractivity (Wildman–Crippen MR) is 93.5 cm³/mol. The third-order valence-electron chi connectivity index (χ3n) is 4.36. The summed E-state index contributed by atoms with van der Waals surface area (Å²) in [5, 5.41) is 13.3. The molecule has 2 aliphatic rings. The third-order valence-corrected chi connectivity index (χ3v) is 4.36. The Hall–Kier alpha value is -3.81. The second-order valence-electron chi connectivity index (χ2n) is 5.90. The molecule has 3 aromatic rings. The lowest BCUT2D eigenvalue weighted by molar-refractivity contribution is 0.0697. The first kappa shape index (κ1) is 14.5. The first-order chi connectivity index (χ1) is 12.7. The van der Waals surface area contributed by atoms with Gasteiger partial charge in [0.25, 0.3) is 0 Å². The maximum atomic E-state index is 11.4. The van der Waals surface area contributed by atoms with Crippen LogP contribution in [0.4, 0.5) is 17.3 Å². The van der Waals surface area contributed by atoms with Crippen LogP contribution in [0.2, 0.25) is 0 Å². The molecule has 0 fully saturated rings. The molecular formula is C18H12N6O2. The maximum absolute atomic E-state index is 11.4. The van der Waals surface area contributed by atoms with Crippen molar-refractivity contribution in [3.05, 3.63) is 71.8 Å². The molecule has 2 aromatic heterocycles. The fourth-order valence-corrected chi connectivity index (χ4v) is 3.21. The van der Waals surface area contributed by atoms with Crippen LogP contribution in [0.25, 0.3) is 0 Å². The van der Waals surface area contributed by atoms with Gasteiger partial charge in [-0.25, -0.2) is 29.7 Å². The second kappa shape index (κ2) is 5.35. The standard InChI is InChI=1S/C18H12N6O2/c25-18(26)11-4-5-14-13(7-11)17-22-16-12(8-19-10-21-16)9-23(17)24(14)15-3-1-2-6-20-15/h1-8,10H,9H2,(H,25,26). The van der Waals surface area contributed by atoms with E-state index < -0.39 is 5.97 Å². The number of aliphatic imine (C=N–C) groups is 1. The van der Waals surface area contributed by atoms with Crippen molar-refractivity contribution in [2.45, 2.75) is 6.54 Å². The topological polar surface area (TPSA) is 94.8 Å². The Kier molecular flexibility index (Phi) is 2.99. The van der Waals surface area contributed by atoms with Gasteiger partial charge in [0.15, 0.2) is 17.5 Å². The van der Waals surface area contributed by atoms with Gasteiger partial charge in [-0.15, -0.1) is 0 Å². The summed E-state index contributed by atoms with van der Waals surface area (Å²) in [5.74, 6) is 0.998. The molecule has 2 aliphatic heterocycles. The number of pyridine rings is 1. The van der Waals surface area contributed by atoms with Crippen molar-refractivity contribution < 1.29 is 9.90 Å². The predicted octanol–water partition coefficient (Wildman–Crippen LogP) is 2.53. The lowest BCUT2D eigenvalue weighted by Crippen LogP contribution is -2.39. The number of carboxylic acid groups (broad SMARTS) is 1. The lowest BCUT2D eigenvalue weighted by atomic mass is 10.1. The van der Waals surface area contributed by atoms with Crippen molar-refractivity contribution in [2.75, 3.05) is 5.01 Å². The van der Waals surface area contributed by atoms with Crippen molar-refractivity contribution in [1.82, 2.24) is 20.0 Å². The van der Waals surface area contributed by atoms with Gasteiger partial charge < -0.3 is 5.11 Å². The smallest absolute Gasteiger partial charge is 0.335 e. The molecule has 4 heterocycles. The number of hydrazine groups is 1. The third kappa shape index (κ3) is 2.05. The SMILES string of the molecule is O=C(O)c1ccc2c(c1)C1=Nc3ncncc3CN1N2c1ccccn1. The van der Waals surface area contributed by atoms with Crippen molar-refractivity contribution in [3.63, 3.8) is 0 Å². The van der Waals surface area contributed by atoms with E-state index in [1.807, 2.05) is 28.2 Å². The molecule has 26 heavy (non-hydrogen) atoms. The Morgan fingerprint density at radius 3 is 2.88 bits per heavy atom. The summed E-state index contributed by atoms with van der Waals surface area (Å²) in [4.78, 5) is 28.8. The summed E-state index contributed by atoms with van der Waals surface area (Å²) in [7, 11) is 0. The van der Waals surface area contributed by atoms with E-state index in [1.165, 1.54) is 6.33 Å². The number of aromatic carboxylic acids is 1. The van der Waals surface area contributed by atoms with Crippen LogP contribution in [0, 0.1) is 0 Å². The Morgan fingerprint density at radius 1 is 1.15 bits per heavy atom. The fourth-order valence-electron chi connectivity index (χ4n) is 3.21. The van der Waals surface area contributed by atoms with Crippen LogP contribution >= 0.6 is 0 Å². The zero-order chi connectivity index (χ0) is 17.7. The molecule has 5 rings (SSSR count). The van der Waals surface area contributed by atoms with E-state index in [4.69, 9.17) is 0 Å². The number of hydrogen-bond donors (Lipinski definition) is 1. The van der Waals surface area contributed by atoms with E-state index in [2.05, 4.69) is 19.9 Å². The number of anilines is 2. The highest BCUT2D eigenvalue weighted by atomic mass is 16.4. The average Bonchev–Trinajstić information content (AvgIpc) is 2.99. The number of rotatable bonds is 2. The van der Waals surface area contributed by atoms with Gasteiger partial charge in [-0.05, 0) is 30.3 Å². The summed E-state index contributed by atoms with van der Waals surface area (Å²) in [6.45, 7) is 0.517. The van der Waals surface area contributed by atoms with Gasteiger partial charge in [-0.3, -0.25) is 5.01 Å². The highest BCUT2D eigenvalue weighted by Crippen LogP contribution is 2.41. The second-order valence-corrected chi connectivity index (χ2v) is 5.90. The minimum absolute atomic E-state index is 0.211. The molecule has 0 aliphatic carbocycles. The van der Waals surface area contributed by atoms with Crippen molar-refractivity contribution in [3.8, 4) is 0 Å². The maximum Gasteiger partial charge on any atom is 0.335 e. The first-order valence-corrected chi connectivity index (χ1v) is 7.96. The molecule has 126 valence electrons. The molecule has 8 nitrogen and oxygen atoms in total. The minimum atomic E-state index is -0.977. The summed E-state index contributed by atoms with van der Waals surface area (Å²) >= 11 is 0. The van der Waals surface area contributed by atoms with Crippen LogP contribution in [0.15, 0.2) is 60.1 Å². The number of benzene rings is 1. The van der Waals surface area contributed by atoms with Gasteiger partial charge in [0, 0.05) is 23.5 Å². The fraction of sp³-hybridized carbons (Fsp3) is 0.0556. The monoisotopic (exact) mass is 344 g/mol. The van der Waals surface area contributed by atoms with Crippen LogP contribution in [-0.2, 0) is 6.54 Å². The van der Waals surface area contributed by atoms with E-state index in [9.17, 15) is 9.90 Å². The zero-order valence-electron chi connectivity index (χ0n) is 13.4. The highest BCUT2D eigenvalue weighted by Gasteiger charge is 2.38. The van der Waals surface area contributed by atoms with Gasteiger partial charge in [-0.2, -0.15) is 0 Å². The normalized spacial score (nSPS) is 14.4. The van der Waals surface area contributed by atoms with E-state index in [-0.39, 0.29) is 5.56 Å². The molecule has 1 aromatic carbocycles. The molecule has 0 bridgehead atoms.